The second-order valence-electron chi connectivity index (χ2n) is 8.44. The first-order valence-corrected chi connectivity index (χ1v) is 10.4. The van der Waals surface area contributed by atoms with E-state index in [0.717, 1.165) is 30.9 Å². The van der Waals surface area contributed by atoms with Crippen molar-refractivity contribution in [2.75, 3.05) is 32.6 Å². The minimum Gasteiger partial charge on any atom is -0.363 e. The lowest BCUT2D eigenvalue weighted by Gasteiger charge is -2.25. The van der Waals surface area contributed by atoms with Crippen LogP contribution in [0.2, 0.25) is 0 Å². The van der Waals surface area contributed by atoms with Gasteiger partial charge in [0, 0.05) is 47.1 Å². The fourth-order valence-corrected chi connectivity index (χ4v) is 4.32. The van der Waals surface area contributed by atoms with Crippen molar-refractivity contribution in [3.63, 3.8) is 0 Å². The molecule has 1 saturated carbocycles. The molecule has 7 heteroatoms. The second kappa shape index (κ2) is 8.88. The maximum atomic E-state index is 12.6. The largest absolute Gasteiger partial charge is 0.363 e. The van der Waals surface area contributed by atoms with Crippen molar-refractivity contribution in [2.45, 2.75) is 64.5 Å². The third kappa shape index (κ3) is 4.80. The van der Waals surface area contributed by atoms with Gasteiger partial charge in [-0.2, -0.15) is 0 Å². The molecule has 0 aromatic carbocycles. The molecule has 28 heavy (non-hydrogen) atoms. The summed E-state index contributed by atoms with van der Waals surface area (Å²) >= 11 is 0. The molecule has 7 nitrogen and oxygen atoms in total. The van der Waals surface area contributed by atoms with Crippen LogP contribution in [0.3, 0.4) is 0 Å². The highest BCUT2D eigenvalue weighted by Crippen LogP contribution is 2.31. The molecule has 3 rings (SSSR count). The fourth-order valence-electron chi connectivity index (χ4n) is 4.32. The van der Waals surface area contributed by atoms with Gasteiger partial charge in [0.25, 0.3) is 0 Å². The van der Waals surface area contributed by atoms with Gasteiger partial charge in [-0.25, -0.2) is 9.97 Å². The molecule has 154 valence electrons. The fraction of sp³-hybridized carbons (Fsp3) is 0.714. The van der Waals surface area contributed by atoms with Crippen molar-refractivity contribution in [3.05, 3.63) is 17.6 Å². The van der Waals surface area contributed by atoms with Crippen LogP contribution >= 0.6 is 0 Å². The third-order valence-corrected chi connectivity index (χ3v) is 5.96. The van der Waals surface area contributed by atoms with Gasteiger partial charge in [-0.15, -0.1) is 0 Å². The number of carbonyl (C=O) groups excluding carboxylic acids is 2. The number of anilines is 1. The van der Waals surface area contributed by atoms with E-state index >= 15 is 0 Å². The van der Waals surface area contributed by atoms with E-state index in [2.05, 4.69) is 0 Å². The normalized spacial score (nSPS) is 19.9. The monoisotopic (exact) mass is 387 g/mol. The predicted octanol–water partition coefficient (Wildman–Crippen LogP) is 2.76. The molecule has 1 saturated heterocycles. The molecule has 1 aliphatic carbocycles. The SMILES string of the molecule is CC(=O)N1CCC[C@@H]1c1nc(CN(C)C(=O)CC2CCCC2)cc(N(C)C)n1. The number of hydrogen-bond donors (Lipinski definition) is 0. The number of carbonyl (C=O) groups is 2. The van der Waals surface area contributed by atoms with Crippen molar-refractivity contribution in [1.29, 1.82) is 0 Å². The maximum Gasteiger partial charge on any atom is 0.222 e. The molecule has 1 aromatic heterocycles. The first-order chi connectivity index (χ1) is 13.3. The molecule has 0 N–H and O–H groups in total. The molecule has 2 aliphatic rings. The maximum absolute atomic E-state index is 12.6. The van der Waals surface area contributed by atoms with Crippen molar-refractivity contribution >= 4 is 17.6 Å². The molecule has 0 spiro atoms. The van der Waals surface area contributed by atoms with E-state index < -0.39 is 0 Å². The standard InChI is InChI=1S/C21H33N5O2/c1-15(27)26-11-7-10-18(26)21-22-17(13-19(23-21)24(2)3)14-25(4)20(28)12-16-8-5-6-9-16/h13,16,18H,5-12,14H2,1-4H3/t18-/m1/s1. The predicted molar refractivity (Wildman–Crippen MR) is 109 cm³/mol. The van der Waals surface area contributed by atoms with Crippen molar-refractivity contribution in [1.82, 2.24) is 19.8 Å². The van der Waals surface area contributed by atoms with E-state index in [0.29, 0.717) is 24.7 Å². The second-order valence-corrected chi connectivity index (χ2v) is 8.44. The van der Waals surface area contributed by atoms with Crippen LogP contribution in [0.5, 0.6) is 0 Å². The van der Waals surface area contributed by atoms with E-state index in [9.17, 15) is 9.59 Å². The van der Waals surface area contributed by atoms with Gasteiger partial charge in [0.2, 0.25) is 11.8 Å². The Morgan fingerprint density at radius 3 is 2.46 bits per heavy atom. The van der Waals surface area contributed by atoms with Crippen molar-refractivity contribution in [2.24, 2.45) is 5.92 Å². The Balaban J connectivity index is 1.77. The lowest BCUT2D eigenvalue weighted by Crippen LogP contribution is -2.31. The Hall–Kier alpha value is -2.18. The summed E-state index contributed by atoms with van der Waals surface area (Å²) in [7, 11) is 5.75. The van der Waals surface area contributed by atoms with Crippen LogP contribution in [0.1, 0.15) is 69.4 Å². The molecule has 2 amide bonds. The van der Waals surface area contributed by atoms with Gasteiger partial charge in [0.05, 0.1) is 18.3 Å². The van der Waals surface area contributed by atoms with Crippen LogP contribution in [-0.2, 0) is 16.1 Å². The number of nitrogens with zero attached hydrogens (tertiary/aromatic N) is 5. The van der Waals surface area contributed by atoms with Gasteiger partial charge in [-0.05, 0) is 31.6 Å². The summed E-state index contributed by atoms with van der Waals surface area (Å²) in [5.41, 5.74) is 0.825. The highest BCUT2D eigenvalue weighted by atomic mass is 16.2. The molecular formula is C21H33N5O2. The van der Waals surface area contributed by atoms with Gasteiger partial charge in [-0.3, -0.25) is 9.59 Å². The topological polar surface area (TPSA) is 69.6 Å². The first-order valence-electron chi connectivity index (χ1n) is 10.4. The van der Waals surface area contributed by atoms with Crippen LogP contribution in [-0.4, -0.2) is 59.3 Å². The van der Waals surface area contributed by atoms with Gasteiger partial charge >= 0.3 is 0 Å². The van der Waals surface area contributed by atoms with E-state index in [1.807, 2.05) is 37.0 Å². The Labute approximate surface area is 168 Å². The molecule has 1 aromatic rings. The summed E-state index contributed by atoms with van der Waals surface area (Å²) in [5, 5.41) is 0. The summed E-state index contributed by atoms with van der Waals surface area (Å²) in [6, 6.07) is 1.87. The summed E-state index contributed by atoms with van der Waals surface area (Å²) in [6.45, 7) is 2.82. The summed E-state index contributed by atoms with van der Waals surface area (Å²) in [5.74, 6) is 2.28. The lowest BCUT2D eigenvalue weighted by molar-refractivity contribution is -0.131. The average Bonchev–Trinajstić information content (AvgIpc) is 3.33. The van der Waals surface area contributed by atoms with Crippen molar-refractivity contribution < 1.29 is 9.59 Å². The number of rotatable bonds is 6. The highest BCUT2D eigenvalue weighted by molar-refractivity contribution is 5.76. The Morgan fingerprint density at radius 2 is 1.82 bits per heavy atom. The summed E-state index contributed by atoms with van der Waals surface area (Å²) < 4.78 is 0. The van der Waals surface area contributed by atoms with E-state index in [4.69, 9.17) is 9.97 Å². The van der Waals surface area contributed by atoms with Crippen LogP contribution in [0.4, 0.5) is 5.82 Å². The molecular weight excluding hydrogens is 354 g/mol. The molecule has 0 unspecified atom stereocenters. The smallest absolute Gasteiger partial charge is 0.222 e. The van der Waals surface area contributed by atoms with Crippen LogP contribution in [0.25, 0.3) is 0 Å². The summed E-state index contributed by atoms with van der Waals surface area (Å²) in [6.07, 6.45) is 7.32. The van der Waals surface area contributed by atoms with Gasteiger partial charge < -0.3 is 14.7 Å². The zero-order valence-corrected chi connectivity index (χ0v) is 17.6. The Morgan fingerprint density at radius 1 is 1.11 bits per heavy atom. The number of aromatic nitrogens is 2. The van der Waals surface area contributed by atoms with Crippen LogP contribution in [0, 0.1) is 5.92 Å². The molecule has 2 fully saturated rings. The van der Waals surface area contributed by atoms with Gasteiger partial charge in [0.15, 0.2) is 5.82 Å². The summed E-state index contributed by atoms with van der Waals surface area (Å²) in [4.78, 5) is 39.6. The number of likely N-dealkylation sites (tertiary alicyclic amines) is 1. The highest BCUT2D eigenvalue weighted by Gasteiger charge is 2.31. The Kier molecular flexibility index (Phi) is 6.52. The number of hydrogen-bond acceptors (Lipinski definition) is 5. The van der Waals surface area contributed by atoms with Gasteiger partial charge in [0.1, 0.15) is 5.82 Å². The average molecular weight is 388 g/mol. The molecule has 0 radical (unpaired) electrons. The van der Waals surface area contributed by atoms with Crippen LogP contribution < -0.4 is 4.90 Å². The van der Waals surface area contributed by atoms with E-state index in [1.54, 1.807) is 11.8 Å². The zero-order chi connectivity index (χ0) is 20.3. The van der Waals surface area contributed by atoms with E-state index in [-0.39, 0.29) is 17.9 Å². The Bertz CT molecular complexity index is 715. The third-order valence-electron chi connectivity index (χ3n) is 5.96. The molecule has 1 atom stereocenters. The minimum atomic E-state index is -0.0735. The molecule has 2 heterocycles. The molecule has 1 aliphatic heterocycles. The van der Waals surface area contributed by atoms with Crippen LogP contribution in [0.15, 0.2) is 6.07 Å². The van der Waals surface area contributed by atoms with E-state index in [1.165, 1.54) is 25.7 Å². The first kappa shape index (κ1) is 20.6. The quantitative estimate of drug-likeness (QED) is 0.751. The lowest BCUT2D eigenvalue weighted by atomic mass is 10.0. The molecule has 0 bridgehead atoms. The number of amides is 2. The minimum absolute atomic E-state index is 0.0618. The van der Waals surface area contributed by atoms with Gasteiger partial charge in [-0.1, -0.05) is 12.8 Å². The zero-order valence-electron chi connectivity index (χ0n) is 17.6. The van der Waals surface area contributed by atoms with Crippen molar-refractivity contribution in [3.8, 4) is 0 Å².